The second-order valence-electron chi connectivity index (χ2n) is 3.99. The number of hydrogen-bond donors (Lipinski definition) is 2. The Balaban J connectivity index is 3.31. The minimum atomic E-state index is -4.79. The van der Waals surface area contributed by atoms with Gasteiger partial charge in [-0.15, -0.1) is 0 Å². The topological polar surface area (TPSA) is 77.8 Å². The third-order valence-corrected chi connectivity index (χ3v) is 4.80. The first kappa shape index (κ1) is 18.2. The molecule has 0 radical (unpaired) electrons. The molecule has 0 aliphatic rings. The highest BCUT2D eigenvalue weighted by molar-refractivity contribution is 7.89. The van der Waals surface area contributed by atoms with E-state index in [0.29, 0.717) is 10.4 Å². The molecule has 0 bridgehead atoms. The Bertz CT molecular complexity index is 586. The average molecular weight is 348 g/mol. The van der Waals surface area contributed by atoms with E-state index >= 15 is 0 Å². The zero-order valence-corrected chi connectivity index (χ0v) is 12.2. The molecular weight excluding hydrogens is 335 g/mol. The first-order valence-corrected chi connectivity index (χ1v) is 7.55. The van der Waals surface area contributed by atoms with E-state index in [2.05, 4.69) is 0 Å². The van der Waals surface area contributed by atoms with Crippen molar-refractivity contribution in [2.45, 2.75) is 11.1 Å². The van der Waals surface area contributed by atoms with E-state index in [4.69, 9.17) is 21.8 Å². The molecule has 0 aliphatic heterocycles. The lowest BCUT2D eigenvalue weighted by molar-refractivity contribution is -0.137. The molecule has 21 heavy (non-hydrogen) atoms. The molecule has 0 amide bonds. The van der Waals surface area contributed by atoms with E-state index in [9.17, 15) is 21.6 Å². The summed E-state index contributed by atoms with van der Waals surface area (Å²) in [6, 6.07) is 2.21. The molecule has 0 aromatic heterocycles. The van der Waals surface area contributed by atoms with Gasteiger partial charge >= 0.3 is 6.18 Å². The Morgan fingerprint density at radius 2 is 1.67 bits per heavy atom. The van der Waals surface area contributed by atoms with Crippen molar-refractivity contribution in [3.8, 4) is 0 Å². The Hall–Kier alpha value is -0.870. The maximum absolute atomic E-state index is 12.7. The number of aliphatic hydroxyl groups excluding tert-OH is 2. The minimum Gasteiger partial charge on any atom is -0.395 e. The second-order valence-corrected chi connectivity index (χ2v) is 6.34. The standard InChI is InChI=1S/C11H13ClF3NO4S/c12-10-2-1-8(7-9(10)11(13,14)15)21(19,20)16(3-5-17)4-6-18/h1-2,7,17-18H,3-6H2. The maximum Gasteiger partial charge on any atom is 0.417 e. The quantitative estimate of drug-likeness (QED) is 0.814. The van der Waals surface area contributed by atoms with E-state index in [1.54, 1.807) is 0 Å². The summed E-state index contributed by atoms with van der Waals surface area (Å²) in [4.78, 5) is -0.610. The van der Waals surface area contributed by atoms with Crippen LogP contribution in [-0.4, -0.2) is 49.2 Å². The van der Waals surface area contributed by atoms with Crippen molar-refractivity contribution in [3.05, 3.63) is 28.8 Å². The van der Waals surface area contributed by atoms with Crippen molar-refractivity contribution in [1.82, 2.24) is 4.31 Å². The summed E-state index contributed by atoms with van der Waals surface area (Å²) in [5.74, 6) is 0. The molecule has 0 saturated carbocycles. The van der Waals surface area contributed by atoms with Gasteiger partial charge in [0.15, 0.2) is 0 Å². The van der Waals surface area contributed by atoms with Crippen molar-refractivity contribution in [1.29, 1.82) is 0 Å². The van der Waals surface area contributed by atoms with Crippen LogP contribution in [-0.2, 0) is 16.2 Å². The van der Waals surface area contributed by atoms with Crippen LogP contribution >= 0.6 is 11.6 Å². The van der Waals surface area contributed by atoms with Gasteiger partial charge in [-0.05, 0) is 18.2 Å². The highest BCUT2D eigenvalue weighted by Crippen LogP contribution is 2.36. The summed E-state index contributed by atoms with van der Waals surface area (Å²) >= 11 is 5.42. The highest BCUT2D eigenvalue weighted by Gasteiger charge is 2.35. The molecule has 0 heterocycles. The van der Waals surface area contributed by atoms with Gasteiger partial charge in [0, 0.05) is 13.1 Å². The zero-order chi connectivity index (χ0) is 16.3. The van der Waals surface area contributed by atoms with Gasteiger partial charge < -0.3 is 10.2 Å². The summed E-state index contributed by atoms with van der Waals surface area (Å²) in [5.41, 5.74) is -1.27. The fourth-order valence-corrected chi connectivity index (χ4v) is 3.28. The molecule has 120 valence electrons. The Kier molecular flexibility index (Phi) is 6.00. The molecule has 0 spiro atoms. The van der Waals surface area contributed by atoms with Crippen LogP contribution in [0.2, 0.25) is 5.02 Å². The second kappa shape index (κ2) is 6.93. The number of alkyl halides is 3. The largest absolute Gasteiger partial charge is 0.417 e. The third-order valence-electron chi connectivity index (χ3n) is 2.58. The van der Waals surface area contributed by atoms with Gasteiger partial charge in [0.2, 0.25) is 10.0 Å². The molecule has 0 atom stereocenters. The van der Waals surface area contributed by atoms with E-state index in [1.165, 1.54) is 0 Å². The molecule has 0 fully saturated rings. The van der Waals surface area contributed by atoms with Crippen molar-refractivity contribution >= 4 is 21.6 Å². The molecule has 1 aromatic rings. The number of aliphatic hydroxyl groups is 2. The fourth-order valence-electron chi connectivity index (χ4n) is 1.61. The third kappa shape index (κ3) is 4.30. The summed E-state index contributed by atoms with van der Waals surface area (Å²) in [6.07, 6.45) is -4.79. The van der Waals surface area contributed by atoms with E-state index in [-0.39, 0.29) is 13.1 Å². The van der Waals surface area contributed by atoms with Crippen molar-refractivity contribution in [3.63, 3.8) is 0 Å². The number of nitrogens with zero attached hydrogens (tertiary/aromatic N) is 1. The van der Waals surface area contributed by atoms with E-state index in [0.717, 1.165) is 12.1 Å². The molecule has 2 N–H and O–H groups in total. The Labute approximate surface area is 124 Å². The number of rotatable bonds is 6. The first-order valence-electron chi connectivity index (χ1n) is 5.73. The van der Waals surface area contributed by atoms with Crippen molar-refractivity contribution in [2.75, 3.05) is 26.3 Å². The van der Waals surface area contributed by atoms with Gasteiger partial charge in [0.05, 0.1) is 28.7 Å². The van der Waals surface area contributed by atoms with Gasteiger partial charge in [0.25, 0.3) is 0 Å². The van der Waals surface area contributed by atoms with Gasteiger partial charge in [-0.3, -0.25) is 0 Å². The monoisotopic (exact) mass is 347 g/mol. The number of sulfonamides is 1. The molecular formula is C11H13ClF3NO4S. The average Bonchev–Trinajstić information content (AvgIpc) is 2.37. The Morgan fingerprint density at radius 1 is 1.14 bits per heavy atom. The number of hydrogen-bond acceptors (Lipinski definition) is 4. The van der Waals surface area contributed by atoms with Crippen LogP contribution in [0, 0.1) is 0 Å². The van der Waals surface area contributed by atoms with Crippen LogP contribution in [0.25, 0.3) is 0 Å². The normalized spacial score (nSPS) is 12.9. The zero-order valence-electron chi connectivity index (χ0n) is 10.6. The number of benzene rings is 1. The van der Waals surface area contributed by atoms with Crippen LogP contribution in [0.1, 0.15) is 5.56 Å². The summed E-state index contributed by atoms with van der Waals surface area (Å²) in [7, 11) is -4.27. The fraction of sp³-hybridized carbons (Fsp3) is 0.455. The lowest BCUT2D eigenvalue weighted by atomic mass is 10.2. The van der Waals surface area contributed by atoms with E-state index in [1.807, 2.05) is 0 Å². The van der Waals surface area contributed by atoms with Crippen LogP contribution in [0.15, 0.2) is 23.1 Å². The van der Waals surface area contributed by atoms with Crippen LogP contribution in [0.5, 0.6) is 0 Å². The first-order chi connectivity index (χ1) is 9.64. The smallest absolute Gasteiger partial charge is 0.395 e. The molecule has 1 rings (SSSR count). The Morgan fingerprint density at radius 3 is 2.10 bits per heavy atom. The van der Waals surface area contributed by atoms with Gasteiger partial charge in [-0.1, -0.05) is 11.6 Å². The summed E-state index contributed by atoms with van der Waals surface area (Å²) in [6.45, 7) is -1.74. The van der Waals surface area contributed by atoms with Crippen LogP contribution in [0.3, 0.4) is 0 Å². The van der Waals surface area contributed by atoms with Gasteiger partial charge in [-0.2, -0.15) is 17.5 Å². The predicted molar refractivity (Wildman–Crippen MR) is 69.4 cm³/mol. The van der Waals surface area contributed by atoms with Gasteiger partial charge in [0.1, 0.15) is 0 Å². The SMILES string of the molecule is O=S(=O)(c1ccc(Cl)c(C(F)(F)F)c1)N(CCO)CCO. The lowest BCUT2D eigenvalue weighted by Crippen LogP contribution is -2.36. The molecule has 10 heteroatoms. The molecule has 5 nitrogen and oxygen atoms in total. The minimum absolute atomic E-state index is 0.340. The maximum atomic E-state index is 12.7. The van der Waals surface area contributed by atoms with Crippen molar-refractivity contribution < 1.29 is 31.8 Å². The van der Waals surface area contributed by atoms with Crippen LogP contribution < -0.4 is 0 Å². The number of halogens is 4. The van der Waals surface area contributed by atoms with Crippen molar-refractivity contribution in [2.24, 2.45) is 0 Å². The van der Waals surface area contributed by atoms with Crippen LogP contribution in [0.4, 0.5) is 13.2 Å². The van der Waals surface area contributed by atoms with E-state index < -0.39 is 44.9 Å². The lowest BCUT2D eigenvalue weighted by Gasteiger charge is -2.21. The predicted octanol–water partition coefficient (Wildman–Crippen LogP) is 1.33. The highest BCUT2D eigenvalue weighted by atomic mass is 35.5. The molecule has 0 unspecified atom stereocenters. The summed E-state index contributed by atoms with van der Waals surface area (Å²) in [5, 5.41) is 17.0. The molecule has 0 saturated heterocycles. The molecule has 0 aliphatic carbocycles. The summed E-state index contributed by atoms with van der Waals surface area (Å²) < 4.78 is 63.3. The van der Waals surface area contributed by atoms with Gasteiger partial charge in [-0.25, -0.2) is 8.42 Å². The molecule has 1 aromatic carbocycles.